The Morgan fingerprint density at radius 3 is 2.82 bits per heavy atom. The van der Waals surface area contributed by atoms with E-state index in [1.54, 1.807) is 0 Å². The highest BCUT2D eigenvalue weighted by Crippen LogP contribution is 2.20. The van der Waals surface area contributed by atoms with E-state index < -0.39 is 5.54 Å². The highest BCUT2D eigenvalue weighted by Gasteiger charge is 2.31. The zero-order valence-corrected chi connectivity index (χ0v) is 7.05. The molecule has 11 heavy (non-hydrogen) atoms. The standard InChI is InChI=1S/C8H17NO2/c1-8(9,6-10)7-4-2-3-5-11-7/h7,10H,2-6,9H2,1H3. The molecule has 1 aliphatic rings. The van der Waals surface area contributed by atoms with Crippen LogP contribution in [0.25, 0.3) is 0 Å². The van der Waals surface area contributed by atoms with E-state index in [9.17, 15) is 0 Å². The van der Waals surface area contributed by atoms with Crippen LogP contribution in [0.4, 0.5) is 0 Å². The smallest absolute Gasteiger partial charge is 0.0774 e. The first-order valence-electron chi connectivity index (χ1n) is 4.18. The van der Waals surface area contributed by atoms with Gasteiger partial charge >= 0.3 is 0 Å². The van der Waals surface area contributed by atoms with Crippen LogP contribution < -0.4 is 5.73 Å². The number of hydrogen-bond acceptors (Lipinski definition) is 3. The predicted molar refractivity (Wildman–Crippen MR) is 43.3 cm³/mol. The van der Waals surface area contributed by atoms with Crippen molar-refractivity contribution in [1.82, 2.24) is 0 Å². The second-order valence-electron chi connectivity index (χ2n) is 3.52. The van der Waals surface area contributed by atoms with Crippen molar-refractivity contribution < 1.29 is 9.84 Å². The molecule has 0 saturated carbocycles. The van der Waals surface area contributed by atoms with Crippen LogP contribution in [-0.4, -0.2) is 30.0 Å². The molecule has 1 heterocycles. The highest BCUT2D eigenvalue weighted by atomic mass is 16.5. The van der Waals surface area contributed by atoms with Crippen LogP contribution in [0.5, 0.6) is 0 Å². The first-order valence-corrected chi connectivity index (χ1v) is 4.18. The number of nitrogens with two attached hydrogens (primary N) is 1. The minimum Gasteiger partial charge on any atom is -0.394 e. The number of rotatable bonds is 2. The summed E-state index contributed by atoms with van der Waals surface area (Å²) in [4.78, 5) is 0. The molecule has 0 bridgehead atoms. The highest BCUT2D eigenvalue weighted by molar-refractivity contribution is 4.88. The fourth-order valence-corrected chi connectivity index (χ4v) is 1.36. The Kier molecular flexibility index (Phi) is 2.87. The molecule has 0 radical (unpaired) electrons. The average molecular weight is 159 g/mol. The molecule has 1 saturated heterocycles. The summed E-state index contributed by atoms with van der Waals surface area (Å²) in [5.74, 6) is 0. The second kappa shape index (κ2) is 3.52. The molecule has 2 atom stereocenters. The first kappa shape index (κ1) is 8.97. The van der Waals surface area contributed by atoms with Gasteiger partial charge in [-0.05, 0) is 26.2 Å². The van der Waals surface area contributed by atoms with Crippen molar-refractivity contribution in [3.05, 3.63) is 0 Å². The van der Waals surface area contributed by atoms with Crippen molar-refractivity contribution in [1.29, 1.82) is 0 Å². The summed E-state index contributed by atoms with van der Waals surface area (Å²) in [6, 6.07) is 0. The average Bonchev–Trinajstić information content (AvgIpc) is 2.06. The number of aliphatic hydroxyl groups is 1. The molecule has 2 unspecified atom stereocenters. The molecule has 3 N–H and O–H groups in total. The fourth-order valence-electron chi connectivity index (χ4n) is 1.36. The van der Waals surface area contributed by atoms with Crippen LogP contribution in [0.1, 0.15) is 26.2 Å². The largest absolute Gasteiger partial charge is 0.394 e. The first-order chi connectivity index (χ1) is 5.17. The monoisotopic (exact) mass is 159 g/mol. The van der Waals surface area contributed by atoms with Gasteiger partial charge in [-0.1, -0.05) is 0 Å². The van der Waals surface area contributed by atoms with Gasteiger partial charge in [0.05, 0.1) is 18.2 Å². The summed E-state index contributed by atoms with van der Waals surface area (Å²) in [6.07, 6.45) is 3.31. The van der Waals surface area contributed by atoms with Gasteiger partial charge in [-0.25, -0.2) is 0 Å². The van der Waals surface area contributed by atoms with Gasteiger partial charge in [-0.15, -0.1) is 0 Å². The van der Waals surface area contributed by atoms with Crippen molar-refractivity contribution in [2.75, 3.05) is 13.2 Å². The van der Waals surface area contributed by atoms with Crippen molar-refractivity contribution in [3.8, 4) is 0 Å². The van der Waals surface area contributed by atoms with Crippen molar-refractivity contribution in [2.24, 2.45) is 5.73 Å². The van der Waals surface area contributed by atoms with Gasteiger partial charge < -0.3 is 15.6 Å². The van der Waals surface area contributed by atoms with Gasteiger partial charge in [-0.2, -0.15) is 0 Å². The maximum absolute atomic E-state index is 8.94. The van der Waals surface area contributed by atoms with Crippen molar-refractivity contribution in [2.45, 2.75) is 37.8 Å². The number of hydrogen-bond donors (Lipinski definition) is 2. The van der Waals surface area contributed by atoms with E-state index >= 15 is 0 Å². The summed E-state index contributed by atoms with van der Waals surface area (Å²) in [6.45, 7) is 2.62. The molecule has 0 amide bonds. The zero-order chi connectivity index (χ0) is 8.32. The van der Waals surface area contributed by atoms with Gasteiger partial charge in [0.1, 0.15) is 0 Å². The van der Waals surface area contributed by atoms with Crippen LogP contribution in [0, 0.1) is 0 Å². The number of ether oxygens (including phenoxy) is 1. The molecule has 0 aliphatic carbocycles. The normalized spacial score (nSPS) is 31.4. The van der Waals surface area contributed by atoms with E-state index in [-0.39, 0.29) is 12.7 Å². The Bertz CT molecular complexity index is 119. The molecule has 1 aliphatic heterocycles. The van der Waals surface area contributed by atoms with Gasteiger partial charge in [0, 0.05) is 6.61 Å². The molecule has 3 nitrogen and oxygen atoms in total. The maximum atomic E-state index is 8.94. The lowest BCUT2D eigenvalue weighted by Crippen LogP contribution is -2.53. The predicted octanol–water partition coefficient (Wildman–Crippen LogP) is 0.265. The lowest BCUT2D eigenvalue weighted by Gasteiger charge is -2.34. The van der Waals surface area contributed by atoms with Crippen LogP contribution >= 0.6 is 0 Å². The van der Waals surface area contributed by atoms with Crippen molar-refractivity contribution in [3.63, 3.8) is 0 Å². The van der Waals surface area contributed by atoms with Gasteiger partial charge in [0.15, 0.2) is 0 Å². The summed E-state index contributed by atoms with van der Waals surface area (Å²) < 4.78 is 5.45. The van der Waals surface area contributed by atoms with Crippen LogP contribution in [0.2, 0.25) is 0 Å². The molecule has 0 aromatic rings. The molecule has 1 fully saturated rings. The third-order valence-corrected chi connectivity index (χ3v) is 2.26. The summed E-state index contributed by atoms with van der Waals surface area (Å²) in [5.41, 5.74) is 5.26. The SMILES string of the molecule is CC(N)(CO)C1CCCCO1. The Hall–Kier alpha value is -0.120. The molecule has 0 aromatic carbocycles. The molecular weight excluding hydrogens is 142 g/mol. The van der Waals surface area contributed by atoms with E-state index in [0.29, 0.717) is 0 Å². The van der Waals surface area contributed by atoms with Crippen LogP contribution in [0.15, 0.2) is 0 Å². The van der Waals surface area contributed by atoms with Crippen LogP contribution in [-0.2, 0) is 4.74 Å². The Labute approximate surface area is 67.5 Å². The van der Waals surface area contributed by atoms with Gasteiger partial charge in [0.25, 0.3) is 0 Å². The molecular formula is C8H17NO2. The molecule has 0 spiro atoms. The van der Waals surface area contributed by atoms with Crippen molar-refractivity contribution >= 4 is 0 Å². The Morgan fingerprint density at radius 2 is 2.36 bits per heavy atom. The van der Waals surface area contributed by atoms with E-state index in [0.717, 1.165) is 25.9 Å². The van der Waals surface area contributed by atoms with Gasteiger partial charge in [0.2, 0.25) is 0 Å². The maximum Gasteiger partial charge on any atom is 0.0774 e. The van der Waals surface area contributed by atoms with Gasteiger partial charge in [-0.3, -0.25) is 0 Å². The molecule has 66 valence electrons. The van der Waals surface area contributed by atoms with E-state index in [1.807, 2.05) is 6.92 Å². The second-order valence-corrected chi connectivity index (χ2v) is 3.52. The van der Waals surface area contributed by atoms with Crippen LogP contribution in [0.3, 0.4) is 0 Å². The third kappa shape index (κ3) is 2.15. The lowest BCUT2D eigenvalue weighted by molar-refractivity contribution is -0.0427. The Morgan fingerprint density at radius 1 is 1.64 bits per heavy atom. The molecule has 0 aromatic heterocycles. The zero-order valence-electron chi connectivity index (χ0n) is 7.05. The van der Waals surface area contributed by atoms with E-state index in [2.05, 4.69) is 0 Å². The minimum absolute atomic E-state index is 0.00231. The minimum atomic E-state index is -0.555. The summed E-state index contributed by atoms with van der Waals surface area (Å²) in [7, 11) is 0. The summed E-state index contributed by atoms with van der Waals surface area (Å²) >= 11 is 0. The summed E-state index contributed by atoms with van der Waals surface area (Å²) in [5, 5.41) is 8.94. The van der Waals surface area contributed by atoms with E-state index in [1.165, 1.54) is 0 Å². The van der Waals surface area contributed by atoms with E-state index in [4.69, 9.17) is 15.6 Å². The topological polar surface area (TPSA) is 55.5 Å². The fraction of sp³-hybridized carbons (Fsp3) is 1.00. The molecule has 1 rings (SSSR count). The number of aliphatic hydroxyl groups excluding tert-OH is 1. The lowest BCUT2D eigenvalue weighted by atomic mass is 9.91. The Balaban J connectivity index is 2.43. The molecule has 3 heteroatoms. The third-order valence-electron chi connectivity index (χ3n) is 2.26. The quantitative estimate of drug-likeness (QED) is 0.608.